The van der Waals surface area contributed by atoms with E-state index in [2.05, 4.69) is 10.3 Å². The van der Waals surface area contributed by atoms with Crippen molar-refractivity contribution in [3.8, 4) is 5.75 Å². The summed E-state index contributed by atoms with van der Waals surface area (Å²) < 4.78 is 22.2. The molecular weight excluding hydrogens is 453 g/mol. The molecule has 36 heavy (non-hydrogen) atoms. The summed E-state index contributed by atoms with van der Waals surface area (Å²) in [6.45, 7) is 2.41. The van der Waals surface area contributed by atoms with E-state index in [-0.39, 0.29) is 18.1 Å². The average molecular weight is 480 g/mol. The van der Waals surface area contributed by atoms with E-state index in [1.165, 1.54) is 12.1 Å². The van der Waals surface area contributed by atoms with Crippen molar-refractivity contribution in [3.05, 3.63) is 132 Å². The van der Waals surface area contributed by atoms with Gasteiger partial charge in [0.15, 0.2) is 11.4 Å². The van der Waals surface area contributed by atoms with Crippen LogP contribution in [0.25, 0.3) is 5.65 Å². The van der Waals surface area contributed by atoms with Crippen LogP contribution in [0.1, 0.15) is 34.7 Å². The van der Waals surface area contributed by atoms with E-state index < -0.39 is 5.92 Å². The zero-order chi connectivity index (χ0) is 24.9. The fourth-order valence-electron chi connectivity index (χ4n) is 4.26. The van der Waals surface area contributed by atoms with Gasteiger partial charge in [-0.15, -0.1) is 0 Å². The summed E-state index contributed by atoms with van der Waals surface area (Å²) in [5, 5.41) is 2.96. The van der Waals surface area contributed by atoms with E-state index in [0.717, 1.165) is 22.5 Å². The van der Waals surface area contributed by atoms with Gasteiger partial charge in [0.25, 0.3) is 0 Å². The van der Waals surface area contributed by atoms with E-state index in [1.54, 1.807) is 12.3 Å². The molecule has 0 aliphatic rings. The van der Waals surface area contributed by atoms with Crippen molar-refractivity contribution in [2.75, 3.05) is 5.32 Å². The molecule has 5 aromatic rings. The standard InChI is InChI=1S/C30H26FN3O2/c1-21-12-14-25(15-13-21)33-29(35)18-26(23-9-5-10-24(31)17-23)27-19-32-30-28(11-6-16-34(27)30)36-20-22-7-3-2-4-8-22/h2-17,19,26H,18,20H2,1H3,(H,33,35). The number of carbonyl (C=O) groups is 1. The normalized spacial score (nSPS) is 11.8. The van der Waals surface area contributed by atoms with Gasteiger partial charge in [0, 0.05) is 30.4 Å². The van der Waals surface area contributed by atoms with E-state index in [4.69, 9.17) is 4.74 Å². The number of ether oxygens (including phenoxy) is 1. The molecule has 1 atom stereocenters. The lowest BCUT2D eigenvalue weighted by molar-refractivity contribution is -0.116. The molecule has 0 aliphatic carbocycles. The zero-order valence-electron chi connectivity index (χ0n) is 19.9. The second-order valence-electron chi connectivity index (χ2n) is 8.75. The Bertz CT molecular complexity index is 1480. The molecule has 0 spiro atoms. The minimum Gasteiger partial charge on any atom is -0.485 e. The Hall–Kier alpha value is -4.45. The van der Waals surface area contributed by atoms with Crippen molar-refractivity contribution in [1.82, 2.24) is 9.38 Å². The molecule has 0 aliphatic heterocycles. The van der Waals surface area contributed by atoms with Gasteiger partial charge in [-0.05, 0) is 54.4 Å². The highest BCUT2D eigenvalue weighted by atomic mass is 19.1. The summed E-state index contributed by atoms with van der Waals surface area (Å²) in [4.78, 5) is 17.7. The summed E-state index contributed by atoms with van der Waals surface area (Å²) in [5.41, 5.74) is 5.01. The van der Waals surface area contributed by atoms with Gasteiger partial charge in [-0.1, -0.05) is 60.2 Å². The maximum absolute atomic E-state index is 14.2. The fourth-order valence-corrected chi connectivity index (χ4v) is 4.26. The highest BCUT2D eigenvalue weighted by molar-refractivity contribution is 5.91. The third-order valence-electron chi connectivity index (χ3n) is 6.10. The first kappa shape index (κ1) is 23.3. The van der Waals surface area contributed by atoms with Crippen molar-refractivity contribution < 1.29 is 13.9 Å². The first-order chi connectivity index (χ1) is 17.6. The van der Waals surface area contributed by atoms with Crippen LogP contribution in [0.3, 0.4) is 0 Å². The first-order valence-corrected chi connectivity index (χ1v) is 11.8. The van der Waals surface area contributed by atoms with E-state index >= 15 is 0 Å². The maximum Gasteiger partial charge on any atom is 0.225 e. The minimum absolute atomic E-state index is 0.125. The van der Waals surface area contributed by atoms with Crippen molar-refractivity contribution in [1.29, 1.82) is 0 Å². The number of benzene rings is 3. The molecule has 0 saturated heterocycles. The molecule has 180 valence electrons. The van der Waals surface area contributed by atoms with Gasteiger partial charge in [0.05, 0.1) is 5.69 Å². The Balaban J connectivity index is 1.45. The zero-order valence-corrected chi connectivity index (χ0v) is 19.9. The predicted octanol–water partition coefficient (Wildman–Crippen LogP) is 6.52. The molecule has 1 amide bonds. The lowest BCUT2D eigenvalue weighted by Gasteiger charge is -2.18. The third-order valence-corrected chi connectivity index (χ3v) is 6.10. The van der Waals surface area contributed by atoms with Crippen LogP contribution in [0, 0.1) is 12.7 Å². The molecule has 0 bridgehead atoms. The molecule has 3 aromatic carbocycles. The SMILES string of the molecule is Cc1ccc(NC(=O)CC(c2cccc(F)c2)c2cnc3c(OCc4ccccc4)cccn23)cc1. The van der Waals surface area contributed by atoms with E-state index in [1.807, 2.05) is 90.3 Å². The van der Waals surface area contributed by atoms with Gasteiger partial charge in [0.1, 0.15) is 12.4 Å². The Morgan fingerprint density at radius 1 is 1.00 bits per heavy atom. The molecule has 5 rings (SSSR count). The molecule has 6 heteroatoms. The van der Waals surface area contributed by atoms with Crippen LogP contribution >= 0.6 is 0 Å². The van der Waals surface area contributed by atoms with Crippen LogP contribution in [-0.4, -0.2) is 15.3 Å². The highest BCUT2D eigenvalue weighted by Crippen LogP contribution is 2.32. The second kappa shape index (κ2) is 10.4. The van der Waals surface area contributed by atoms with Crippen molar-refractivity contribution >= 4 is 17.2 Å². The molecule has 2 aromatic heterocycles. The second-order valence-corrected chi connectivity index (χ2v) is 8.75. The number of aryl methyl sites for hydroxylation is 1. The average Bonchev–Trinajstić information content (AvgIpc) is 3.32. The summed E-state index contributed by atoms with van der Waals surface area (Å²) >= 11 is 0. The molecule has 0 fully saturated rings. The number of hydrogen-bond donors (Lipinski definition) is 1. The van der Waals surface area contributed by atoms with Crippen LogP contribution in [0.15, 0.2) is 103 Å². The van der Waals surface area contributed by atoms with Gasteiger partial charge < -0.3 is 14.5 Å². The van der Waals surface area contributed by atoms with Crippen LogP contribution in [-0.2, 0) is 11.4 Å². The quantitative estimate of drug-likeness (QED) is 0.276. The van der Waals surface area contributed by atoms with Gasteiger partial charge in [0.2, 0.25) is 5.91 Å². The maximum atomic E-state index is 14.2. The molecule has 5 nitrogen and oxygen atoms in total. The topological polar surface area (TPSA) is 55.6 Å². The first-order valence-electron chi connectivity index (χ1n) is 11.8. The summed E-state index contributed by atoms with van der Waals surface area (Å²) in [7, 11) is 0. The van der Waals surface area contributed by atoms with E-state index in [0.29, 0.717) is 23.6 Å². The number of anilines is 1. The van der Waals surface area contributed by atoms with Crippen LogP contribution in [0.2, 0.25) is 0 Å². The number of nitrogens with zero attached hydrogens (tertiary/aromatic N) is 2. The number of pyridine rings is 1. The van der Waals surface area contributed by atoms with Crippen molar-refractivity contribution in [2.24, 2.45) is 0 Å². The number of nitrogens with one attached hydrogen (secondary N) is 1. The summed E-state index contributed by atoms with van der Waals surface area (Å²) in [5.74, 6) is -0.295. The predicted molar refractivity (Wildman–Crippen MR) is 139 cm³/mol. The highest BCUT2D eigenvalue weighted by Gasteiger charge is 2.23. The van der Waals surface area contributed by atoms with Crippen LogP contribution < -0.4 is 10.1 Å². The number of fused-ring (bicyclic) bond motifs is 1. The van der Waals surface area contributed by atoms with Crippen LogP contribution in [0.5, 0.6) is 5.75 Å². The molecule has 0 radical (unpaired) electrons. The Labute approximate surface area is 209 Å². The molecule has 2 heterocycles. The smallest absolute Gasteiger partial charge is 0.225 e. The largest absolute Gasteiger partial charge is 0.485 e. The molecular formula is C30H26FN3O2. The van der Waals surface area contributed by atoms with Gasteiger partial charge in [-0.3, -0.25) is 4.79 Å². The Morgan fingerprint density at radius 2 is 1.81 bits per heavy atom. The van der Waals surface area contributed by atoms with Crippen LogP contribution in [0.4, 0.5) is 10.1 Å². The number of hydrogen-bond acceptors (Lipinski definition) is 3. The molecule has 1 unspecified atom stereocenters. The molecule has 1 N–H and O–H groups in total. The summed E-state index contributed by atoms with van der Waals surface area (Å²) in [6.07, 6.45) is 3.75. The monoisotopic (exact) mass is 479 g/mol. The number of halogens is 1. The lowest BCUT2D eigenvalue weighted by atomic mass is 9.92. The van der Waals surface area contributed by atoms with Gasteiger partial charge in [-0.2, -0.15) is 0 Å². The number of carbonyl (C=O) groups excluding carboxylic acids is 1. The number of amides is 1. The number of rotatable bonds is 8. The number of imidazole rings is 1. The van der Waals surface area contributed by atoms with Crippen molar-refractivity contribution in [2.45, 2.75) is 25.9 Å². The third kappa shape index (κ3) is 5.28. The minimum atomic E-state index is -0.412. The van der Waals surface area contributed by atoms with Gasteiger partial charge in [-0.25, -0.2) is 9.37 Å². The number of aromatic nitrogens is 2. The Morgan fingerprint density at radius 3 is 2.58 bits per heavy atom. The van der Waals surface area contributed by atoms with E-state index in [9.17, 15) is 9.18 Å². The molecule has 0 saturated carbocycles. The lowest BCUT2D eigenvalue weighted by Crippen LogP contribution is -2.17. The summed E-state index contributed by atoms with van der Waals surface area (Å²) in [6, 6.07) is 27.7. The van der Waals surface area contributed by atoms with Crippen molar-refractivity contribution in [3.63, 3.8) is 0 Å². The fraction of sp³-hybridized carbons (Fsp3) is 0.133. The Kier molecular flexibility index (Phi) is 6.76. The van der Waals surface area contributed by atoms with Gasteiger partial charge >= 0.3 is 0 Å².